The number of fused-ring (bicyclic) bond motifs is 1. The predicted molar refractivity (Wildman–Crippen MR) is 64.8 cm³/mol. The molecular formula is C11H9FN4OS. The van der Waals surface area contributed by atoms with Crippen LogP contribution in [-0.2, 0) is 11.3 Å². The van der Waals surface area contributed by atoms with E-state index in [0.29, 0.717) is 22.4 Å². The van der Waals surface area contributed by atoms with Crippen LogP contribution in [0.5, 0.6) is 0 Å². The van der Waals surface area contributed by atoms with Gasteiger partial charge in [0, 0.05) is 12.7 Å². The number of hydrogen-bond acceptors (Lipinski definition) is 5. The maximum atomic E-state index is 13.2. The van der Waals surface area contributed by atoms with Crippen molar-refractivity contribution in [2.24, 2.45) is 0 Å². The van der Waals surface area contributed by atoms with E-state index in [4.69, 9.17) is 4.74 Å². The van der Waals surface area contributed by atoms with Crippen molar-refractivity contribution in [3.05, 3.63) is 35.9 Å². The van der Waals surface area contributed by atoms with E-state index in [1.165, 1.54) is 23.5 Å². The minimum Gasteiger partial charge on any atom is -0.377 e. The molecule has 0 saturated carbocycles. The zero-order valence-corrected chi connectivity index (χ0v) is 10.3. The highest BCUT2D eigenvalue weighted by molar-refractivity contribution is 7.19. The summed E-state index contributed by atoms with van der Waals surface area (Å²) in [5, 5.41) is 13.0. The number of nitrogens with zero attached hydrogens (tertiary/aromatic N) is 4. The lowest BCUT2D eigenvalue weighted by Crippen LogP contribution is -1.97. The van der Waals surface area contributed by atoms with Crippen molar-refractivity contribution in [2.75, 3.05) is 7.11 Å². The number of benzene rings is 1. The third kappa shape index (κ3) is 1.87. The molecular weight excluding hydrogens is 255 g/mol. The fourth-order valence-corrected chi connectivity index (χ4v) is 2.47. The molecule has 92 valence electrons. The van der Waals surface area contributed by atoms with Crippen molar-refractivity contribution >= 4 is 16.3 Å². The highest BCUT2D eigenvalue weighted by atomic mass is 32.1. The number of rotatable bonds is 3. The molecule has 0 aliphatic rings. The SMILES string of the molecule is COCc1nnc2sc(-c3cccc(F)c3)nn12. The first kappa shape index (κ1) is 11.2. The molecule has 18 heavy (non-hydrogen) atoms. The van der Waals surface area contributed by atoms with Gasteiger partial charge in [0.25, 0.3) is 0 Å². The average Bonchev–Trinajstić information content (AvgIpc) is 2.92. The van der Waals surface area contributed by atoms with Crippen LogP contribution in [0.15, 0.2) is 24.3 Å². The summed E-state index contributed by atoms with van der Waals surface area (Å²) in [5.74, 6) is 0.349. The van der Waals surface area contributed by atoms with Gasteiger partial charge in [-0.25, -0.2) is 4.39 Å². The Labute approximate surface area is 106 Å². The highest BCUT2D eigenvalue weighted by Gasteiger charge is 2.12. The molecule has 0 radical (unpaired) electrons. The largest absolute Gasteiger partial charge is 0.377 e. The molecule has 0 aliphatic carbocycles. The normalized spacial score (nSPS) is 11.2. The van der Waals surface area contributed by atoms with Crippen LogP contribution in [0.1, 0.15) is 5.82 Å². The minimum atomic E-state index is -0.282. The van der Waals surface area contributed by atoms with Gasteiger partial charge in [0.2, 0.25) is 4.96 Å². The van der Waals surface area contributed by atoms with Crippen LogP contribution in [-0.4, -0.2) is 26.9 Å². The van der Waals surface area contributed by atoms with Crippen LogP contribution < -0.4 is 0 Å². The van der Waals surface area contributed by atoms with Gasteiger partial charge >= 0.3 is 0 Å². The number of methoxy groups -OCH3 is 1. The van der Waals surface area contributed by atoms with E-state index in [0.717, 1.165) is 5.56 Å². The van der Waals surface area contributed by atoms with Crippen LogP contribution in [0.2, 0.25) is 0 Å². The first-order chi connectivity index (χ1) is 8.78. The van der Waals surface area contributed by atoms with Crippen molar-refractivity contribution in [3.63, 3.8) is 0 Å². The molecule has 7 heteroatoms. The fourth-order valence-electron chi connectivity index (χ4n) is 1.61. The Bertz CT molecular complexity index is 693. The Balaban J connectivity index is 2.08. The molecule has 0 unspecified atom stereocenters. The second-order valence-electron chi connectivity index (χ2n) is 3.66. The van der Waals surface area contributed by atoms with Crippen LogP contribution in [0.25, 0.3) is 15.5 Å². The van der Waals surface area contributed by atoms with Gasteiger partial charge in [-0.2, -0.15) is 9.61 Å². The molecule has 2 aromatic heterocycles. The monoisotopic (exact) mass is 264 g/mol. The quantitative estimate of drug-likeness (QED) is 0.727. The summed E-state index contributed by atoms with van der Waals surface area (Å²) in [4.78, 5) is 0.668. The molecule has 0 N–H and O–H groups in total. The van der Waals surface area contributed by atoms with Gasteiger partial charge in [0.05, 0.1) is 0 Å². The standard InChI is InChI=1S/C11H9FN4OS/c1-17-6-9-13-14-11-16(9)15-10(18-11)7-3-2-4-8(12)5-7/h2-5H,6H2,1H3. The van der Waals surface area contributed by atoms with E-state index >= 15 is 0 Å². The summed E-state index contributed by atoms with van der Waals surface area (Å²) in [5.41, 5.74) is 0.730. The summed E-state index contributed by atoms with van der Waals surface area (Å²) in [6, 6.07) is 6.32. The van der Waals surface area contributed by atoms with E-state index in [1.54, 1.807) is 17.7 Å². The highest BCUT2D eigenvalue weighted by Crippen LogP contribution is 2.25. The van der Waals surface area contributed by atoms with E-state index in [1.807, 2.05) is 6.07 Å². The smallest absolute Gasteiger partial charge is 0.235 e. The van der Waals surface area contributed by atoms with Gasteiger partial charge in [-0.1, -0.05) is 23.5 Å². The summed E-state index contributed by atoms with van der Waals surface area (Å²) >= 11 is 1.36. The third-order valence-corrected chi connectivity index (χ3v) is 3.35. The van der Waals surface area contributed by atoms with Crippen molar-refractivity contribution in [3.8, 4) is 10.6 Å². The molecule has 0 amide bonds. The third-order valence-electron chi connectivity index (χ3n) is 2.40. The summed E-state index contributed by atoms with van der Waals surface area (Å²) in [6.45, 7) is 0.341. The van der Waals surface area contributed by atoms with E-state index in [9.17, 15) is 4.39 Å². The Hall–Kier alpha value is -1.86. The zero-order valence-electron chi connectivity index (χ0n) is 9.50. The molecule has 0 aliphatic heterocycles. The van der Waals surface area contributed by atoms with E-state index in [2.05, 4.69) is 15.3 Å². The number of halogens is 1. The fraction of sp³-hybridized carbons (Fsp3) is 0.182. The lowest BCUT2D eigenvalue weighted by atomic mass is 10.2. The topological polar surface area (TPSA) is 52.3 Å². The molecule has 2 heterocycles. The lowest BCUT2D eigenvalue weighted by molar-refractivity contribution is 0.176. The van der Waals surface area contributed by atoms with Gasteiger partial charge in [-0.15, -0.1) is 10.2 Å². The maximum absolute atomic E-state index is 13.2. The zero-order chi connectivity index (χ0) is 12.5. The van der Waals surface area contributed by atoms with Crippen molar-refractivity contribution in [1.29, 1.82) is 0 Å². The molecule has 0 atom stereocenters. The summed E-state index contributed by atoms with van der Waals surface area (Å²) in [7, 11) is 1.58. The van der Waals surface area contributed by atoms with Gasteiger partial charge in [0.1, 0.15) is 17.4 Å². The molecule has 3 rings (SSSR count). The molecule has 1 aromatic carbocycles. The number of aromatic nitrogens is 4. The number of hydrogen-bond donors (Lipinski definition) is 0. The Morgan fingerprint density at radius 3 is 3.06 bits per heavy atom. The first-order valence-electron chi connectivity index (χ1n) is 5.24. The van der Waals surface area contributed by atoms with Crippen molar-refractivity contribution < 1.29 is 9.13 Å². The molecule has 0 saturated heterocycles. The predicted octanol–water partition coefficient (Wildman–Crippen LogP) is 2.14. The molecule has 0 bridgehead atoms. The van der Waals surface area contributed by atoms with Gasteiger partial charge in [-0.3, -0.25) is 0 Å². The van der Waals surface area contributed by atoms with E-state index < -0.39 is 0 Å². The van der Waals surface area contributed by atoms with E-state index in [-0.39, 0.29) is 5.82 Å². The second kappa shape index (κ2) is 4.43. The Morgan fingerprint density at radius 2 is 2.28 bits per heavy atom. The summed E-state index contributed by atoms with van der Waals surface area (Å²) in [6.07, 6.45) is 0. The van der Waals surface area contributed by atoms with Crippen molar-refractivity contribution in [1.82, 2.24) is 19.8 Å². The average molecular weight is 264 g/mol. The van der Waals surface area contributed by atoms with Crippen LogP contribution in [0, 0.1) is 5.82 Å². The van der Waals surface area contributed by atoms with Gasteiger partial charge in [0.15, 0.2) is 5.82 Å². The van der Waals surface area contributed by atoms with Crippen molar-refractivity contribution in [2.45, 2.75) is 6.61 Å². The molecule has 3 aromatic rings. The Morgan fingerprint density at radius 1 is 1.39 bits per heavy atom. The lowest BCUT2D eigenvalue weighted by Gasteiger charge is -1.95. The van der Waals surface area contributed by atoms with Crippen LogP contribution >= 0.6 is 11.3 Å². The van der Waals surface area contributed by atoms with Crippen LogP contribution in [0.3, 0.4) is 0 Å². The minimum absolute atomic E-state index is 0.282. The maximum Gasteiger partial charge on any atom is 0.235 e. The number of ether oxygens (including phenoxy) is 1. The Kier molecular flexibility index (Phi) is 2.77. The molecule has 0 fully saturated rings. The summed E-state index contributed by atoms with van der Waals surface area (Å²) < 4.78 is 19.8. The van der Waals surface area contributed by atoms with Gasteiger partial charge in [-0.05, 0) is 12.1 Å². The molecule has 5 nitrogen and oxygen atoms in total. The van der Waals surface area contributed by atoms with Crippen LogP contribution in [0.4, 0.5) is 4.39 Å². The second-order valence-corrected chi connectivity index (χ2v) is 4.62. The first-order valence-corrected chi connectivity index (χ1v) is 6.05. The van der Waals surface area contributed by atoms with Gasteiger partial charge < -0.3 is 4.74 Å². The molecule has 0 spiro atoms.